The first-order valence-corrected chi connectivity index (χ1v) is 5.56. The standard InChI is InChI=1S/C13H15NO/c1-2-6-13-11(5-1)12(9-15-13)10-4-3-7-14-8-10/h1-2,4-6,12,14H,3,7-9H2. The molecule has 1 N–H and O–H groups in total. The van der Waals surface area contributed by atoms with E-state index in [-0.39, 0.29) is 0 Å². The first-order chi connectivity index (χ1) is 7.45. The van der Waals surface area contributed by atoms with Crippen molar-refractivity contribution >= 4 is 0 Å². The maximum Gasteiger partial charge on any atom is 0.123 e. The van der Waals surface area contributed by atoms with Crippen molar-refractivity contribution in [3.05, 3.63) is 41.5 Å². The Kier molecular flexibility index (Phi) is 2.22. The molecule has 78 valence electrons. The molecule has 0 amide bonds. The van der Waals surface area contributed by atoms with Gasteiger partial charge in [0.15, 0.2) is 0 Å². The van der Waals surface area contributed by atoms with Crippen LogP contribution in [-0.4, -0.2) is 19.7 Å². The summed E-state index contributed by atoms with van der Waals surface area (Å²) in [5, 5.41) is 3.42. The first-order valence-electron chi connectivity index (χ1n) is 5.56. The molecule has 2 heterocycles. The maximum atomic E-state index is 5.70. The van der Waals surface area contributed by atoms with Gasteiger partial charge in [-0.05, 0) is 24.6 Å². The van der Waals surface area contributed by atoms with Crippen LogP contribution in [0, 0.1) is 0 Å². The summed E-state index contributed by atoms with van der Waals surface area (Å²) in [6.45, 7) is 2.94. The van der Waals surface area contributed by atoms with E-state index in [0.717, 1.165) is 31.9 Å². The van der Waals surface area contributed by atoms with Crippen LogP contribution in [0.3, 0.4) is 0 Å². The predicted octanol–water partition coefficient (Wildman–Crippen LogP) is 2.08. The summed E-state index contributed by atoms with van der Waals surface area (Å²) in [4.78, 5) is 0. The first kappa shape index (κ1) is 8.98. The summed E-state index contributed by atoms with van der Waals surface area (Å²) in [6.07, 6.45) is 3.51. The summed E-state index contributed by atoms with van der Waals surface area (Å²) < 4.78 is 5.70. The topological polar surface area (TPSA) is 21.3 Å². The highest BCUT2D eigenvalue weighted by molar-refractivity contribution is 5.44. The van der Waals surface area contributed by atoms with Crippen LogP contribution in [0.4, 0.5) is 0 Å². The van der Waals surface area contributed by atoms with Gasteiger partial charge < -0.3 is 10.1 Å². The number of hydrogen-bond acceptors (Lipinski definition) is 2. The van der Waals surface area contributed by atoms with Crippen LogP contribution in [0.2, 0.25) is 0 Å². The van der Waals surface area contributed by atoms with E-state index >= 15 is 0 Å². The summed E-state index contributed by atoms with van der Waals surface area (Å²) in [5.74, 6) is 1.54. The zero-order valence-electron chi connectivity index (χ0n) is 8.70. The number of rotatable bonds is 1. The molecule has 2 aliphatic rings. The molecule has 0 aromatic heterocycles. The molecule has 15 heavy (non-hydrogen) atoms. The van der Waals surface area contributed by atoms with E-state index in [2.05, 4.69) is 29.6 Å². The second kappa shape index (κ2) is 3.70. The van der Waals surface area contributed by atoms with E-state index in [0.29, 0.717) is 5.92 Å². The van der Waals surface area contributed by atoms with Gasteiger partial charge in [-0.15, -0.1) is 0 Å². The number of nitrogens with one attached hydrogen (secondary N) is 1. The van der Waals surface area contributed by atoms with E-state index in [1.807, 2.05) is 6.07 Å². The normalized spacial score (nSPS) is 24.3. The number of benzene rings is 1. The SMILES string of the molecule is C1=C(C2COc3ccccc32)CNCC1. The van der Waals surface area contributed by atoms with Crippen LogP contribution < -0.4 is 10.1 Å². The van der Waals surface area contributed by atoms with Crippen molar-refractivity contribution in [3.63, 3.8) is 0 Å². The fourth-order valence-corrected chi connectivity index (χ4v) is 2.40. The second-order valence-corrected chi connectivity index (χ2v) is 4.15. The molecule has 0 fully saturated rings. The minimum absolute atomic E-state index is 0.481. The Morgan fingerprint density at radius 2 is 2.20 bits per heavy atom. The van der Waals surface area contributed by atoms with Crippen LogP contribution in [0.15, 0.2) is 35.9 Å². The highest BCUT2D eigenvalue weighted by Gasteiger charge is 2.26. The Balaban J connectivity index is 1.93. The van der Waals surface area contributed by atoms with Crippen molar-refractivity contribution in [1.29, 1.82) is 0 Å². The molecule has 1 aromatic rings. The van der Waals surface area contributed by atoms with Crippen LogP contribution in [-0.2, 0) is 0 Å². The van der Waals surface area contributed by atoms with E-state index in [1.165, 1.54) is 11.1 Å². The number of ether oxygens (including phenoxy) is 1. The quantitative estimate of drug-likeness (QED) is 0.702. The molecular formula is C13H15NO. The van der Waals surface area contributed by atoms with Crippen LogP contribution in [0.25, 0.3) is 0 Å². The summed E-state index contributed by atoms with van der Waals surface area (Å²) >= 11 is 0. The Morgan fingerprint density at radius 1 is 1.27 bits per heavy atom. The minimum atomic E-state index is 0.481. The lowest BCUT2D eigenvalue weighted by Crippen LogP contribution is -2.25. The average molecular weight is 201 g/mol. The molecule has 0 saturated carbocycles. The monoisotopic (exact) mass is 201 g/mol. The van der Waals surface area contributed by atoms with Gasteiger partial charge >= 0.3 is 0 Å². The Bertz CT molecular complexity index is 397. The van der Waals surface area contributed by atoms with E-state index in [1.54, 1.807) is 0 Å². The second-order valence-electron chi connectivity index (χ2n) is 4.15. The van der Waals surface area contributed by atoms with E-state index in [9.17, 15) is 0 Å². The Labute approximate surface area is 89.9 Å². The number of hydrogen-bond donors (Lipinski definition) is 1. The van der Waals surface area contributed by atoms with E-state index in [4.69, 9.17) is 4.74 Å². The zero-order valence-corrected chi connectivity index (χ0v) is 8.70. The molecule has 0 bridgehead atoms. The highest BCUT2D eigenvalue weighted by atomic mass is 16.5. The highest BCUT2D eigenvalue weighted by Crippen LogP contribution is 2.38. The molecule has 2 nitrogen and oxygen atoms in total. The lowest BCUT2D eigenvalue weighted by Gasteiger charge is -2.19. The molecule has 0 radical (unpaired) electrons. The van der Waals surface area contributed by atoms with Gasteiger partial charge in [0.25, 0.3) is 0 Å². The summed E-state index contributed by atoms with van der Waals surface area (Å²) in [6, 6.07) is 8.38. The average Bonchev–Trinajstić information content (AvgIpc) is 2.74. The van der Waals surface area contributed by atoms with Gasteiger partial charge in [0.1, 0.15) is 5.75 Å². The molecule has 0 saturated heterocycles. The van der Waals surface area contributed by atoms with Gasteiger partial charge in [-0.25, -0.2) is 0 Å². The van der Waals surface area contributed by atoms with E-state index < -0.39 is 0 Å². The van der Waals surface area contributed by atoms with Crippen molar-refractivity contribution in [2.45, 2.75) is 12.3 Å². The molecule has 1 aromatic carbocycles. The van der Waals surface area contributed by atoms with Crippen LogP contribution >= 0.6 is 0 Å². The molecule has 2 heteroatoms. The molecular weight excluding hydrogens is 186 g/mol. The molecule has 2 aliphatic heterocycles. The largest absolute Gasteiger partial charge is 0.492 e. The lowest BCUT2D eigenvalue weighted by atomic mass is 9.91. The smallest absolute Gasteiger partial charge is 0.123 e. The van der Waals surface area contributed by atoms with Gasteiger partial charge in [-0.1, -0.05) is 24.3 Å². The molecule has 1 atom stereocenters. The van der Waals surface area contributed by atoms with Crippen molar-refractivity contribution in [2.24, 2.45) is 0 Å². The van der Waals surface area contributed by atoms with Crippen molar-refractivity contribution in [1.82, 2.24) is 5.32 Å². The van der Waals surface area contributed by atoms with Gasteiger partial charge in [-0.3, -0.25) is 0 Å². The Morgan fingerprint density at radius 3 is 3.07 bits per heavy atom. The zero-order chi connectivity index (χ0) is 10.1. The van der Waals surface area contributed by atoms with Crippen molar-refractivity contribution in [2.75, 3.05) is 19.7 Å². The molecule has 0 spiro atoms. The number of fused-ring (bicyclic) bond motifs is 1. The lowest BCUT2D eigenvalue weighted by molar-refractivity contribution is 0.339. The van der Waals surface area contributed by atoms with Crippen LogP contribution in [0.5, 0.6) is 5.75 Å². The van der Waals surface area contributed by atoms with Crippen LogP contribution in [0.1, 0.15) is 17.9 Å². The summed E-state index contributed by atoms with van der Waals surface area (Å²) in [7, 11) is 0. The third kappa shape index (κ3) is 1.55. The van der Waals surface area contributed by atoms with Gasteiger partial charge in [0.05, 0.1) is 6.61 Å². The minimum Gasteiger partial charge on any atom is -0.492 e. The third-order valence-corrected chi connectivity index (χ3v) is 3.20. The third-order valence-electron chi connectivity index (χ3n) is 3.20. The van der Waals surface area contributed by atoms with Gasteiger partial charge in [-0.2, -0.15) is 0 Å². The fraction of sp³-hybridized carbons (Fsp3) is 0.385. The van der Waals surface area contributed by atoms with Crippen molar-refractivity contribution in [3.8, 4) is 5.75 Å². The predicted molar refractivity (Wildman–Crippen MR) is 60.2 cm³/mol. The van der Waals surface area contributed by atoms with Crippen molar-refractivity contribution < 1.29 is 4.74 Å². The molecule has 0 aliphatic carbocycles. The Hall–Kier alpha value is -1.28. The molecule has 1 unspecified atom stereocenters. The van der Waals surface area contributed by atoms with Gasteiger partial charge in [0.2, 0.25) is 0 Å². The van der Waals surface area contributed by atoms with Gasteiger partial charge in [0, 0.05) is 18.0 Å². The fourth-order valence-electron chi connectivity index (χ4n) is 2.40. The molecule has 3 rings (SSSR count). The summed E-state index contributed by atoms with van der Waals surface area (Å²) in [5.41, 5.74) is 2.85. The maximum absolute atomic E-state index is 5.70. The number of para-hydroxylation sites is 1.